The molecule has 2 N–H and O–H groups in total. The van der Waals surface area contributed by atoms with Gasteiger partial charge in [0.1, 0.15) is 0 Å². The maximum atomic E-state index is 11.3. The number of rotatable bonds is 7. The second-order valence-electron chi connectivity index (χ2n) is 6.98. The van der Waals surface area contributed by atoms with Gasteiger partial charge in [0.05, 0.1) is 17.7 Å². The number of benzene rings is 2. The Morgan fingerprint density at radius 1 is 1.11 bits per heavy atom. The van der Waals surface area contributed by atoms with Gasteiger partial charge in [0.15, 0.2) is 0 Å². The molecular formula is C22H26N4O. The Bertz CT molecular complexity index is 915. The molecule has 0 saturated carbocycles. The minimum absolute atomic E-state index is 0.283. The lowest BCUT2D eigenvalue weighted by Crippen LogP contribution is -2.16. The highest BCUT2D eigenvalue weighted by atomic mass is 16.1. The SMILES string of the molecule is C[C@@H](c1cccc(-c2c(-c3ccccc3)ncn2CCC(N)=O)c1)N(C)C. The largest absolute Gasteiger partial charge is 0.370 e. The van der Waals surface area contributed by atoms with E-state index in [0.29, 0.717) is 12.6 Å². The highest BCUT2D eigenvalue weighted by molar-refractivity contribution is 5.79. The van der Waals surface area contributed by atoms with Crippen molar-refractivity contribution in [1.82, 2.24) is 14.5 Å². The van der Waals surface area contributed by atoms with Gasteiger partial charge in [-0.3, -0.25) is 4.79 Å². The minimum Gasteiger partial charge on any atom is -0.370 e. The number of carbonyl (C=O) groups excluding carboxylic acids is 1. The van der Waals surface area contributed by atoms with E-state index >= 15 is 0 Å². The molecule has 5 heteroatoms. The number of carbonyl (C=O) groups is 1. The van der Waals surface area contributed by atoms with Crippen molar-refractivity contribution >= 4 is 5.91 Å². The summed E-state index contributed by atoms with van der Waals surface area (Å²) in [6, 6.07) is 18.9. The molecule has 0 fully saturated rings. The predicted octanol–water partition coefficient (Wildman–Crippen LogP) is 3.72. The van der Waals surface area contributed by atoms with Crippen LogP contribution in [0, 0.1) is 0 Å². The second-order valence-corrected chi connectivity index (χ2v) is 6.98. The number of imidazole rings is 1. The van der Waals surface area contributed by atoms with Gasteiger partial charge in [-0.1, -0.05) is 48.5 Å². The Kier molecular flexibility index (Phi) is 5.72. The first-order chi connectivity index (χ1) is 13.0. The molecule has 0 saturated heterocycles. The monoisotopic (exact) mass is 362 g/mol. The van der Waals surface area contributed by atoms with E-state index in [1.54, 1.807) is 6.33 Å². The van der Waals surface area contributed by atoms with E-state index in [2.05, 4.69) is 67.3 Å². The van der Waals surface area contributed by atoms with Crippen molar-refractivity contribution in [2.75, 3.05) is 14.1 Å². The van der Waals surface area contributed by atoms with Crippen LogP contribution in [-0.2, 0) is 11.3 Å². The van der Waals surface area contributed by atoms with Gasteiger partial charge in [0.2, 0.25) is 5.91 Å². The first-order valence-electron chi connectivity index (χ1n) is 9.13. The zero-order chi connectivity index (χ0) is 19.4. The lowest BCUT2D eigenvalue weighted by Gasteiger charge is -2.21. The van der Waals surface area contributed by atoms with Crippen molar-refractivity contribution in [3.05, 3.63) is 66.5 Å². The number of amides is 1. The fraction of sp³-hybridized carbons (Fsp3) is 0.273. The van der Waals surface area contributed by atoms with Crippen LogP contribution in [-0.4, -0.2) is 34.5 Å². The first kappa shape index (κ1) is 18.9. The summed E-state index contributed by atoms with van der Waals surface area (Å²) in [5, 5.41) is 0. The van der Waals surface area contributed by atoms with Crippen LogP contribution in [0.2, 0.25) is 0 Å². The van der Waals surface area contributed by atoms with E-state index in [0.717, 1.165) is 22.5 Å². The molecule has 0 spiro atoms. The molecule has 0 aliphatic rings. The van der Waals surface area contributed by atoms with Gasteiger partial charge in [-0.05, 0) is 32.6 Å². The molecule has 0 radical (unpaired) electrons. The standard InChI is InChI=1S/C22H26N4O/c1-16(25(2)3)18-10-7-11-19(14-18)22-21(17-8-5-4-6-9-17)24-15-26(22)13-12-20(23)27/h4-11,14-16H,12-13H2,1-3H3,(H2,23,27)/t16-/m0/s1. The number of nitrogens with zero attached hydrogens (tertiary/aromatic N) is 3. The lowest BCUT2D eigenvalue weighted by atomic mass is 10.00. The average molecular weight is 362 g/mol. The van der Waals surface area contributed by atoms with Gasteiger partial charge < -0.3 is 15.2 Å². The van der Waals surface area contributed by atoms with Crippen LogP contribution in [0.5, 0.6) is 0 Å². The van der Waals surface area contributed by atoms with Gasteiger partial charge in [0, 0.05) is 30.1 Å². The molecule has 2 aromatic carbocycles. The third kappa shape index (κ3) is 4.26. The molecule has 1 atom stereocenters. The summed E-state index contributed by atoms with van der Waals surface area (Å²) >= 11 is 0. The van der Waals surface area contributed by atoms with Crippen LogP contribution in [0.1, 0.15) is 24.9 Å². The predicted molar refractivity (Wildman–Crippen MR) is 109 cm³/mol. The summed E-state index contributed by atoms with van der Waals surface area (Å²) in [5.41, 5.74) is 10.7. The maximum absolute atomic E-state index is 11.3. The van der Waals surface area contributed by atoms with Crippen molar-refractivity contribution in [2.24, 2.45) is 5.73 Å². The fourth-order valence-electron chi connectivity index (χ4n) is 3.14. The van der Waals surface area contributed by atoms with Crippen LogP contribution in [0.4, 0.5) is 0 Å². The number of primary amides is 1. The Labute approximate surface area is 160 Å². The van der Waals surface area contributed by atoms with Crippen molar-refractivity contribution in [2.45, 2.75) is 25.9 Å². The summed E-state index contributed by atoms with van der Waals surface area (Å²) < 4.78 is 2.02. The summed E-state index contributed by atoms with van der Waals surface area (Å²) in [5.74, 6) is -0.314. The lowest BCUT2D eigenvalue weighted by molar-refractivity contribution is -0.118. The molecule has 0 unspecified atom stereocenters. The fourth-order valence-corrected chi connectivity index (χ4v) is 3.14. The van der Waals surface area contributed by atoms with Gasteiger partial charge in [-0.15, -0.1) is 0 Å². The molecule has 0 aliphatic carbocycles. The van der Waals surface area contributed by atoms with Gasteiger partial charge in [-0.2, -0.15) is 0 Å². The minimum atomic E-state index is -0.314. The molecule has 1 amide bonds. The number of hydrogen-bond donors (Lipinski definition) is 1. The Balaban J connectivity index is 2.10. The summed E-state index contributed by atoms with van der Waals surface area (Å²) in [6.07, 6.45) is 2.08. The quantitative estimate of drug-likeness (QED) is 0.697. The van der Waals surface area contributed by atoms with Crippen LogP contribution in [0.15, 0.2) is 60.9 Å². The number of hydrogen-bond acceptors (Lipinski definition) is 3. The van der Waals surface area contributed by atoms with Crippen molar-refractivity contribution in [3.63, 3.8) is 0 Å². The van der Waals surface area contributed by atoms with E-state index in [1.165, 1.54) is 5.56 Å². The first-order valence-corrected chi connectivity index (χ1v) is 9.13. The molecule has 3 aromatic rings. The number of nitrogens with two attached hydrogens (primary N) is 1. The van der Waals surface area contributed by atoms with Crippen molar-refractivity contribution in [1.29, 1.82) is 0 Å². The highest BCUT2D eigenvalue weighted by Crippen LogP contribution is 2.33. The Hall–Kier alpha value is -2.92. The van der Waals surface area contributed by atoms with Crippen LogP contribution in [0.25, 0.3) is 22.5 Å². The van der Waals surface area contributed by atoms with Crippen LogP contribution in [0.3, 0.4) is 0 Å². The smallest absolute Gasteiger partial charge is 0.219 e. The molecule has 1 aromatic heterocycles. The summed E-state index contributed by atoms with van der Waals surface area (Å²) in [4.78, 5) is 18.1. The molecule has 3 rings (SSSR count). The normalized spacial score (nSPS) is 12.3. The van der Waals surface area contributed by atoms with E-state index in [4.69, 9.17) is 5.73 Å². The summed E-state index contributed by atoms with van der Waals surface area (Å²) in [7, 11) is 4.15. The van der Waals surface area contributed by atoms with Crippen LogP contribution >= 0.6 is 0 Å². The molecule has 0 aliphatic heterocycles. The molecule has 5 nitrogen and oxygen atoms in total. The third-order valence-electron chi connectivity index (χ3n) is 4.90. The van der Waals surface area contributed by atoms with Gasteiger partial charge >= 0.3 is 0 Å². The topological polar surface area (TPSA) is 64.2 Å². The molecule has 27 heavy (non-hydrogen) atoms. The third-order valence-corrected chi connectivity index (χ3v) is 4.90. The van der Waals surface area contributed by atoms with Crippen LogP contribution < -0.4 is 5.73 Å². The molecule has 0 bridgehead atoms. The number of aryl methyl sites for hydroxylation is 1. The van der Waals surface area contributed by atoms with Gasteiger partial charge in [-0.25, -0.2) is 4.98 Å². The van der Waals surface area contributed by atoms with Crippen molar-refractivity contribution < 1.29 is 4.79 Å². The second kappa shape index (κ2) is 8.18. The van der Waals surface area contributed by atoms with E-state index in [-0.39, 0.29) is 12.3 Å². The molecule has 1 heterocycles. The maximum Gasteiger partial charge on any atom is 0.219 e. The van der Waals surface area contributed by atoms with E-state index in [1.807, 2.05) is 22.8 Å². The Morgan fingerprint density at radius 3 is 2.48 bits per heavy atom. The highest BCUT2D eigenvalue weighted by Gasteiger charge is 2.17. The van der Waals surface area contributed by atoms with E-state index in [9.17, 15) is 4.79 Å². The summed E-state index contributed by atoms with van der Waals surface area (Å²) in [6.45, 7) is 2.69. The Morgan fingerprint density at radius 2 is 1.81 bits per heavy atom. The molecule has 140 valence electrons. The van der Waals surface area contributed by atoms with Crippen molar-refractivity contribution in [3.8, 4) is 22.5 Å². The molecular weight excluding hydrogens is 336 g/mol. The number of aromatic nitrogens is 2. The zero-order valence-electron chi connectivity index (χ0n) is 16.1. The zero-order valence-corrected chi connectivity index (χ0v) is 16.1. The van der Waals surface area contributed by atoms with E-state index < -0.39 is 0 Å². The average Bonchev–Trinajstić information content (AvgIpc) is 3.10. The van der Waals surface area contributed by atoms with Gasteiger partial charge in [0.25, 0.3) is 0 Å².